The first-order chi connectivity index (χ1) is 9.94. The van der Waals surface area contributed by atoms with Gasteiger partial charge in [-0.1, -0.05) is 0 Å². The summed E-state index contributed by atoms with van der Waals surface area (Å²) in [5, 5.41) is 8.64. The summed E-state index contributed by atoms with van der Waals surface area (Å²) in [4.78, 5) is 11.5. The van der Waals surface area contributed by atoms with Gasteiger partial charge in [0.1, 0.15) is 16.7 Å². The Hall–Kier alpha value is -2.73. The van der Waals surface area contributed by atoms with Crippen molar-refractivity contribution in [3.8, 4) is 11.9 Å². The Labute approximate surface area is 121 Å². The third kappa shape index (κ3) is 3.43. The molecule has 0 aliphatic rings. The lowest BCUT2D eigenvalue weighted by Gasteiger charge is -2.08. The number of pyridine rings is 1. The fraction of sp³-hybridized carbons (Fsp3) is 0.167. The molecular formula is C12H11N5O3S. The quantitative estimate of drug-likeness (QED) is 0.889. The molecule has 2 aromatic heterocycles. The van der Waals surface area contributed by atoms with Crippen LogP contribution in [0, 0.1) is 18.3 Å². The number of rotatable bonds is 4. The number of aryl methyl sites for hydroxylation is 1. The van der Waals surface area contributed by atoms with Crippen molar-refractivity contribution in [2.45, 2.75) is 11.8 Å². The van der Waals surface area contributed by atoms with Crippen LogP contribution >= 0.6 is 0 Å². The van der Waals surface area contributed by atoms with Crippen molar-refractivity contribution < 1.29 is 13.2 Å². The normalized spacial score (nSPS) is 10.7. The van der Waals surface area contributed by atoms with E-state index >= 15 is 0 Å². The standard InChI is InChI=1S/C12H11N5O3S/c1-8-5-11(20-2)16-12(15-8)17-21(18,19)10-4-3-9(6-13)14-7-10/h3-5,7H,1-2H3,(H,15,16,17). The third-order valence-corrected chi connectivity index (χ3v) is 3.74. The first-order valence-corrected chi connectivity index (χ1v) is 7.21. The molecule has 0 fully saturated rings. The van der Waals surface area contributed by atoms with Gasteiger partial charge in [-0.05, 0) is 19.1 Å². The van der Waals surface area contributed by atoms with Gasteiger partial charge in [0, 0.05) is 18.0 Å². The van der Waals surface area contributed by atoms with Gasteiger partial charge in [-0.25, -0.2) is 23.1 Å². The summed E-state index contributed by atoms with van der Waals surface area (Å²) in [6, 6.07) is 5.97. The first kappa shape index (κ1) is 14.7. The van der Waals surface area contributed by atoms with E-state index < -0.39 is 10.0 Å². The fourth-order valence-corrected chi connectivity index (χ4v) is 2.36. The van der Waals surface area contributed by atoms with Gasteiger partial charge < -0.3 is 4.74 Å². The van der Waals surface area contributed by atoms with E-state index in [2.05, 4.69) is 19.7 Å². The monoisotopic (exact) mass is 305 g/mol. The second kappa shape index (κ2) is 5.72. The Balaban J connectivity index is 2.32. The van der Waals surface area contributed by atoms with E-state index in [1.165, 1.54) is 19.2 Å². The van der Waals surface area contributed by atoms with Crippen LogP contribution in [0.1, 0.15) is 11.4 Å². The average molecular weight is 305 g/mol. The Morgan fingerprint density at radius 3 is 2.67 bits per heavy atom. The highest BCUT2D eigenvalue weighted by Crippen LogP contribution is 2.16. The molecule has 0 aliphatic carbocycles. The largest absolute Gasteiger partial charge is 0.481 e. The van der Waals surface area contributed by atoms with Crippen LogP contribution in [0.25, 0.3) is 0 Å². The highest BCUT2D eigenvalue weighted by atomic mass is 32.2. The minimum Gasteiger partial charge on any atom is -0.481 e. The third-order valence-electron chi connectivity index (χ3n) is 2.43. The molecule has 2 rings (SSSR count). The second-order valence-corrected chi connectivity index (χ2v) is 5.65. The molecule has 108 valence electrons. The van der Waals surface area contributed by atoms with Crippen molar-refractivity contribution >= 4 is 16.0 Å². The van der Waals surface area contributed by atoms with Gasteiger partial charge in [0.2, 0.25) is 11.8 Å². The zero-order valence-corrected chi connectivity index (χ0v) is 12.0. The van der Waals surface area contributed by atoms with Crippen LogP contribution in [-0.4, -0.2) is 30.5 Å². The highest BCUT2D eigenvalue weighted by Gasteiger charge is 2.17. The molecule has 9 heteroatoms. The highest BCUT2D eigenvalue weighted by molar-refractivity contribution is 7.92. The van der Waals surface area contributed by atoms with E-state index in [-0.39, 0.29) is 22.4 Å². The topological polar surface area (TPSA) is 118 Å². The fourth-order valence-electron chi connectivity index (χ4n) is 1.47. The van der Waals surface area contributed by atoms with Gasteiger partial charge in [-0.2, -0.15) is 10.2 Å². The molecular weight excluding hydrogens is 294 g/mol. The number of methoxy groups -OCH3 is 1. The number of nitrogens with one attached hydrogen (secondary N) is 1. The predicted octanol–water partition coefficient (Wildman–Crippen LogP) is 0.861. The summed E-state index contributed by atoms with van der Waals surface area (Å²) in [5.41, 5.74) is 0.680. The van der Waals surface area contributed by atoms with Crippen molar-refractivity contribution in [3.63, 3.8) is 0 Å². The SMILES string of the molecule is COc1cc(C)nc(NS(=O)(=O)c2ccc(C#N)nc2)n1. The molecule has 0 bridgehead atoms. The zero-order valence-electron chi connectivity index (χ0n) is 11.2. The summed E-state index contributed by atoms with van der Waals surface area (Å²) < 4.78 is 31.5. The minimum atomic E-state index is -3.88. The number of sulfonamides is 1. The van der Waals surface area contributed by atoms with Gasteiger partial charge in [0.05, 0.1) is 7.11 Å². The van der Waals surface area contributed by atoms with E-state index in [0.29, 0.717) is 5.69 Å². The van der Waals surface area contributed by atoms with Crippen LogP contribution in [0.3, 0.4) is 0 Å². The van der Waals surface area contributed by atoms with E-state index in [9.17, 15) is 8.42 Å². The summed E-state index contributed by atoms with van der Waals surface area (Å²) >= 11 is 0. The maximum absolute atomic E-state index is 12.2. The molecule has 2 heterocycles. The number of hydrogen-bond donors (Lipinski definition) is 1. The summed E-state index contributed by atoms with van der Waals surface area (Å²) in [6.45, 7) is 1.69. The lowest BCUT2D eigenvalue weighted by Crippen LogP contribution is -2.16. The average Bonchev–Trinajstić information content (AvgIpc) is 2.46. The van der Waals surface area contributed by atoms with Crippen molar-refractivity contribution in [1.29, 1.82) is 5.26 Å². The van der Waals surface area contributed by atoms with Gasteiger partial charge in [0.15, 0.2) is 0 Å². The van der Waals surface area contributed by atoms with Crippen LogP contribution in [0.2, 0.25) is 0 Å². The molecule has 0 aromatic carbocycles. The second-order valence-electron chi connectivity index (χ2n) is 3.97. The number of aromatic nitrogens is 3. The molecule has 8 nitrogen and oxygen atoms in total. The van der Waals surface area contributed by atoms with Gasteiger partial charge in [-0.3, -0.25) is 0 Å². The van der Waals surface area contributed by atoms with Crippen LogP contribution < -0.4 is 9.46 Å². The summed E-state index contributed by atoms with van der Waals surface area (Å²) in [6.07, 6.45) is 1.09. The van der Waals surface area contributed by atoms with Gasteiger partial charge in [0.25, 0.3) is 10.0 Å². The van der Waals surface area contributed by atoms with E-state index in [1.54, 1.807) is 13.0 Å². The van der Waals surface area contributed by atoms with Crippen molar-refractivity contribution in [2.75, 3.05) is 11.8 Å². The summed E-state index contributed by atoms with van der Waals surface area (Å²) in [7, 11) is -2.46. The van der Waals surface area contributed by atoms with E-state index in [0.717, 1.165) is 6.20 Å². The number of nitrogens with zero attached hydrogens (tertiary/aromatic N) is 4. The maximum Gasteiger partial charge on any atom is 0.265 e. The molecule has 21 heavy (non-hydrogen) atoms. The molecule has 0 spiro atoms. The number of anilines is 1. The zero-order chi connectivity index (χ0) is 15.5. The smallest absolute Gasteiger partial charge is 0.265 e. The van der Waals surface area contributed by atoms with Crippen LogP contribution in [0.5, 0.6) is 5.88 Å². The van der Waals surface area contributed by atoms with Crippen LogP contribution in [0.4, 0.5) is 5.95 Å². The molecule has 0 unspecified atom stereocenters. The van der Waals surface area contributed by atoms with Crippen molar-refractivity contribution in [3.05, 3.63) is 35.8 Å². The molecule has 0 saturated heterocycles. The first-order valence-electron chi connectivity index (χ1n) is 5.73. The molecule has 0 radical (unpaired) electrons. The lowest BCUT2D eigenvalue weighted by molar-refractivity contribution is 0.397. The van der Waals surface area contributed by atoms with Crippen LogP contribution in [0.15, 0.2) is 29.3 Å². The number of ether oxygens (including phenoxy) is 1. The van der Waals surface area contributed by atoms with E-state index in [4.69, 9.17) is 10.00 Å². The van der Waals surface area contributed by atoms with Crippen molar-refractivity contribution in [1.82, 2.24) is 15.0 Å². The number of nitriles is 1. The predicted molar refractivity (Wildman–Crippen MR) is 73.1 cm³/mol. The lowest BCUT2D eigenvalue weighted by atomic mass is 10.4. The Morgan fingerprint density at radius 1 is 1.33 bits per heavy atom. The van der Waals surface area contributed by atoms with Crippen molar-refractivity contribution in [2.24, 2.45) is 0 Å². The molecule has 0 atom stereocenters. The van der Waals surface area contributed by atoms with Gasteiger partial charge >= 0.3 is 0 Å². The van der Waals surface area contributed by atoms with Crippen LogP contribution in [-0.2, 0) is 10.0 Å². The number of hydrogen-bond acceptors (Lipinski definition) is 7. The Morgan fingerprint density at radius 2 is 2.10 bits per heavy atom. The van der Waals surface area contributed by atoms with E-state index in [1.807, 2.05) is 6.07 Å². The van der Waals surface area contributed by atoms with Gasteiger partial charge in [-0.15, -0.1) is 0 Å². The minimum absolute atomic E-state index is 0.0921. The molecule has 0 saturated carbocycles. The maximum atomic E-state index is 12.2. The Bertz CT molecular complexity index is 797. The molecule has 0 amide bonds. The molecule has 2 aromatic rings. The summed E-state index contributed by atoms with van der Waals surface area (Å²) in [5.74, 6) is 0.148. The Kier molecular flexibility index (Phi) is 4.00. The molecule has 1 N–H and O–H groups in total. The molecule has 0 aliphatic heterocycles.